The number of pyridine rings is 1. The van der Waals surface area contributed by atoms with Gasteiger partial charge in [-0.2, -0.15) is 4.57 Å². The van der Waals surface area contributed by atoms with Crippen LogP contribution in [0.4, 0.5) is 0 Å². The first-order chi connectivity index (χ1) is 11.2. The maximum Gasteiger partial charge on any atom is 0.213 e. The zero-order chi connectivity index (χ0) is 19.0. The minimum absolute atomic E-state index is 0.0710. The second-order valence-corrected chi connectivity index (χ2v) is 7.42. The monoisotopic (exact) mass is 328 g/mol. The molecule has 0 radical (unpaired) electrons. The van der Waals surface area contributed by atoms with E-state index in [1.54, 1.807) is 0 Å². The van der Waals surface area contributed by atoms with E-state index in [-0.39, 0.29) is 11.0 Å². The Labute approximate surface area is 150 Å². The highest BCUT2D eigenvalue weighted by atomic mass is 15.0. The summed E-state index contributed by atoms with van der Waals surface area (Å²) in [4.78, 5) is 0. The van der Waals surface area contributed by atoms with Crippen molar-refractivity contribution in [3.63, 3.8) is 0 Å². The van der Waals surface area contributed by atoms with Gasteiger partial charge in [0.1, 0.15) is 0 Å². The number of hydrogen-bond acceptors (Lipinski definition) is 0. The van der Waals surface area contributed by atoms with E-state index in [1.165, 1.54) is 16.8 Å². The third-order valence-corrected chi connectivity index (χ3v) is 3.59. The van der Waals surface area contributed by atoms with Crippen molar-refractivity contribution in [2.75, 3.05) is 0 Å². The summed E-state index contributed by atoms with van der Waals surface area (Å²) in [5, 5.41) is 0. The van der Waals surface area contributed by atoms with E-state index < -0.39 is 0 Å². The van der Waals surface area contributed by atoms with Gasteiger partial charge in [-0.05, 0) is 23.1 Å². The average Bonchev–Trinajstić information content (AvgIpc) is 2.57. The van der Waals surface area contributed by atoms with Gasteiger partial charge in [0.25, 0.3) is 0 Å². The second kappa shape index (κ2) is 9.61. The summed E-state index contributed by atoms with van der Waals surface area (Å²) in [7, 11) is 0. The predicted octanol–water partition coefficient (Wildman–Crippen LogP) is 6.75. The van der Waals surface area contributed by atoms with Gasteiger partial charge in [0.05, 0.1) is 0 Å². The van der Waals surface area contributed by atoms with Crippen LogP contribution in [-0.2, 0) is 11.0 Å². The van der Waals surface area contributed by atoms with Gasteiger partial charge in [-0.1, -0.05) is 66.7 Å². The third-order valence-electron chi connectivity index (χ3n) is 3.59. The molecule has 2 aromatic rings. The summed E-state index contributed by atoms with van der Waals surface area (Å²) in [5.41, 5.74) is 4.22. The van der Waals surface area contributed by atoms with E-state index >= 15 is 0 Å². The molecule has 1 aromatic heterocycles. The molecule has 1 aromatic carbocycles. The fourth-order valence-electron chi connectivity index (χ4n) is 2.61. The van der Waals surface area contributed by atoms with Crippen molar-refractivity contribution in [1.82, 2.24) is 0 Å². The molecule has 0 fully saturated rings. The Hall–Kier alpha value is -1.63. The number of rotatable bonds is 1. The number of nitrogens with zero attached hydrogens (tertiary/aromatic N) is 1. The molecule has 0 N–H and O–H groups in total. The predicted molar refractivity (Wildman–Crippen MR) is 108 cm³/mol. The SMILES string of the molecule is CC.CC.CC(C)(C)c1ccccc1-c1cccc[n+]1C(C)(C)C. The van der Waals surface area contributed by atoms with E-state index in [0.29, 0.717) is 0 Å². The lowest BCUT2D eigenvalue weighted by atomic mass is 9.82. The molecular weight excluding hydrogens is 290 g/mol. The molecule has 0 saturated heterocycles. The first-order valence-electron chi connectivity index (χ1n) is 9.32. The second-order valence-electron chi connectivity index (χ2n) is 7.42. The minimum atomic E-state index is 0.0710. The van der Waals surface area contributed by atoms with Crippen LogP contribution in [0.1, 0.15) is 74.8 Å². The summed E-state index contributed by atoms with van der Waals surface area (Å²) in [5.74, 6) is 0. The summed E-state index contributed by atoms with van der Waals surface area (Å²) in [6.45, 7) is 21.6. The molecule has 2 rings (SSSR count). The number of benzene rings is 1. The largest absolute Gasteiger partial charge is 0.213 e. The summed E-state index contributed by atoms with van der Waals surface area (Å²) in [6.07, 6.45) is 2.18. The molecule has 0 atom stereocenters. The van der Waals surface area contributed by atoms with Crippen molar-refractivity contribution in [1.29, 1.82) is 0 Å². The van der Waals surface area contributed by atoms with Crippen molar-refractivity contribution < 1.29 is 4.57 Å². The quantitative estimate of drug-likeness (QED) is 0.510. The summed E-state index contributed by atoms with van der Waals surface area (Å²) < 4.78 is 2.36. The Morgan fingerprint density at radius 3 is 1.67 bits per heavy atom. The lowest BCUT2D eigenvalue weighted by molar-refractivity contribution is -0.744. The van der Waals surface area contributed by atoms with Crippen molar-refractivity contribution in [2.24, 2.45) is 0 Å². The smallest absolute Gasteiger partial charge is 0.194 e. The lowest BCUT2D eigenvalue weighted by Crippen LogP contribution is -2.51. The van der Waals surface area contributed by atoms with Crippen molar-refractivity contribution in [3.05, 3.63) is 54.2 Å². The van der Waals surface area contributed by atoms with Crippen LogP contribution >= 0.6 is 0 Å². The fourth-order valence-corrected chi connectivity index (χ4v) is 2.61. The van der Waals surface area contributed by atoms with Crippen LogP contribution < -0.4 is 4.57 Å². The van der Waals surface area contributed by atoms with E-state index in [9.17, 15) is 0 Å². The highest BCUT2D eigenvalue weighted by Gasteiger charge is 2.28. The van der Waals surface area contributed by atoms with E-state index in [1.807, 2.05) is 27.7 Å². The van der Waals surface area contributed by atoms with Crippen LogP contribution in [0.25, 0.3) is 11.3 Å². The fraction of sp³-hybridized carbons (Fsp3) is 0.522. The molecule has 1 nitrogen and oxygen atoms in total. The highest BCUT2D eigenvalue weighted by Crippen LogP contribution is 2.31. The summed E-state index contributed by atoms with van der Waals surface area (Å²) in [6, 6.07) is 15.2. The standard InChI is InChI=1S/C19H26N.2C2H6/c1-18(2,3)16-12-8-7-11-15(16)17-13-9-10-14-20(17)19(4,5)6;2*1-2/h7-14H,1-6H3;2*1-2H3/q+1;;. The molecular formula is C23H38N+. The third kappa shape index (κ3) is 5.78. The van der Waals surface area contributed by atoms with Gasteiger partial charge in [0.2, 0.25) is 5.69 Å². The molecule has 0 unspecified atom stereocenters. The molecule has 0 aliphatic rings. The average molecular weight is 329 g/mol. The minimum Gasteiger partial charge on any atom is -0.194 e. The van der Waals surface area contributed by atoms with Crippen LogP contribution in [-0.4, -0.2) is 0 Å². The lowest BCUT2D eigenvalue weighted by Gasteiger charge is -2.24. The first kappa shape index (κ1) is 22.4. The molecule has 0 spiro atoms. The van der Waals surface area contributed by atoms with Gasteiger partial charge in [-0.3, -0.25) is 0 Å². The molecule has 24 heavy (non-hydrogen) atoms. The van der Waals surface area contributed by atoms with Gasteiger partial charge in [0.15, 0.2) is 11.7 Å². The molecule has 0 saturated carbocycles. The van der Waals surface area contributed by atoms with Gasteiger partial charge in [-0.25, -0.2) is 0 Å². The molecule has 0 aliphatic heterocycles. The van der Waals surface area contributed by atoms with Gasteiger partial charge < -0.3 is 0 Å². The molecule has 0 amide bonds. The Balaban J connectivity index is 0.00000123. The maximum atomic E-state index is 2.36. The molecule has 0 aliphatic carbocycles. The van der Waals surface area contributed by atoms with Crippen LogP contribution in [0.2, 0.25) is 0 Å². The number of hydrogen-bond donors (Lipinski definition) is 0. The van der Waals surface area contributed by atoms with E-state index in [2.05, 4.69) is 94.8 Å². The van der Waals surface area contributed by atoms with Gasteiger partial charge in [-0.15, -0.1) is 0 Å². The van der Waals surface area contributed by atoms with E-state index in [4.69, 9.17) is 0 Å². The van der Waals surface area contributed by atoms with Crippen molar-refractivity contribution in [2.45, 2.75) is 80.2 Å². The van der Waals surface area contributed by atoms with Crippen LogP contribution in [0.15, 0.2) is 48.7 Å². The summed E-state index contributed by atoms with van der Waals surface area (Å²) >= 11 is 0. The van der Waals surface area contributed by atoms with Crippen LogP contribution in [0.3, 0.4) is 0 Å². The Morgan fingerprint density at radius 1 is 0.667 bits per heavy atom. The molecule has 1 heterocycles. The van der Waals surface area contributed by atoms with Gasteiger partial charge >= 0.3 is 0 Å². The zero-order valence-corrected chi connectivity index (χ0v) is 17.6. The maximum absolute atomic E-state index is 2.36. The van der Waals surface area contributed by atoms with Crippen molar-refractivity contribution >= 4 is 0 Å². The van der Waals surface area contributed by atoms with Crippen LogP contribution in [0.5, 0.6) is 0 Å². The molecule has 134 valence electrons. The topological polar surface area (TPSA) is 3.88 Å². The first-order valence-corrected chi connectivity index (χ1v) is 9.32. The van der Waals surface area contributed by atoms with Crippen molar-refractivity contribution in [3.8, 4) is 11.3 Å². The van der Waals surface area contributed by atoms with Gasteiger partial charge in [0, 0.05) is 38.5 Å². The molecule has 1 heteroatoms. The normalized spacial score (nSPS) is 10.9. The Kier molecular flexibility index (Phi) is 8.96. The Bertz CT molecular complexity index is 542. The number of aromatic nitrogens is 1. The van der Waals surface area contributed by atoms with Crippen LogP contribution in [0, 0.1) is 0 Å². The zero-order valence-electron chi connectivity index (χ0n) is 17.6. The van der Waals surface area contributed by atoms with E-state index in [0.717, 1.165) is 0 Å². The highest BCUT2D eigenvalue weighted by molar-refractivity contribution is 5.62. The molecule has 0 bridgehead atoms. The Morgan fingerprint density at radius 2 is 1.17 bits per heavy atom.